The molecule has 0 N–H and O–H groups in total. The molecule has 1 aliphatic heterocycles. The third-order valence-corrected chi connectivity index (χ3v) is 9.94. The molecule has 0 saturated heterocycles. The van der Waals surface area contributed by atoms with Crippen LogP contribution < -0.4 is 19.6 Å². The highest BCUT2D eigenvalue weighted by molar-refractivity contribution is 7.07. The Balaban J connectivity index is 1.53. The van der Waals surface area contributed by atoms with E-state index in [0.717, 1.165) is 27.7 Å². The van der Waals surface area contributed by atoms with Gasteiger partial charge in [0.25, 0.3) is 5.56 Å². The Hall–Kier alpha value is -4.15. The highest BCUT2D eigenvalue weighted by Crippen LogP contribution is 2.36. The Morgan fingerprint density at radius 2 is 1.77 bits per heavy atom. The van der Waals surface area contributed by atoms with Gasteiger partial charge in [0.1, 0.15) is 18.4 Å². The molecular weight excluding hydrogens is 669 g/mol. The molecule has 0 spiro atoms. The molecular formula is C37H35Cl2N3O5S. The van der Waals surface area contributed by atoms with Gasteiger partial charge in [-0.25, -0.2) is 9.79 Å². The number of thiazole rings is 1. The Morgan fingerprint density at radius 3 is 2.52 bits per heavy atom. The summed E-state index contributed by atoms with van der Waals surface area (Å²) in [6.45, 7) is 8.56. The lowest BCUT2D eigenvalue weighted by atomic mass is 9.95. The predicted octanol–water partition coefficient (Wildman–Crippen LogP) is 6.83. The molecule has 6 rings (SSSR count). The minimum Gasteiger partial charge on any atom is -0.491 e. The van der Waals surface area contributed by atoms with Crippen molar-refractivity contribution >= 4 is 57.5 Å². The lowest BCUT2D eigenvalue weighted by Crippen LogP contribution is -2.40. The Bertz CT molecular complexity index is 2250. The normalized spacial score (nSPS) is 14.8. The molecule has 8 nitrogen and oxygen atoms in total. The monoisotopic (exact) mass is 703 g/mol. The number of hydrogen-bond donors (Lipinski definition) is 0. The number of fused-ring (bicyclic) bond motifs is 2. The van der Waals surface area contributed by atoms with Crippen LogP contribution in [0.15, 0.2) is 87.8 Å². The quantitative estimate of drug-likeness (QED) is 0.118. The van der Waals surface area contributed by atoms with Crippen molar-refractivity contribution in [3.8, 4) is 5.75 Å². The first-order valence-corrected chi connectivity index (χ1v) is 17.1. The van der Waals surface area contributed by atoms with Crippen molar-refractivity contribution < 1.29 is 19.0 Å². The number of aromatic nitrogens is 2. The number of rotatable bonds is 10. The van der Waals surface area contributed by atoms with Crippen molar-refractivity contribution in [2.45, 2.75) is 46.4 Å². The summed E-state index contributed by atoms with van der Waals surface area (Å²) in [7, 11) is 1.54. The van der Waals surface area contributed by atoms with Gasteiger partial charge in [-0.2, -0.15) is 0 Å². The van der Waals surface area contributed by atoms with Crippen molar-refractivity contribution in [3.05, 3.63) is 130 Å². The number of carbonyl (C=O) groups excluding carboxylic acids is 1. The maximum absolute atomic E-state index is 14.5. The van der Waals surface area contributed by atoms with Gasteiger partial charge in [0.15, 0.2) is 4.80 Å². The molecule has 2 aromatic heterocycles. The second-order valence-electron chi connectivity index (χ2n) is 11.8. The number of ether oxygens (including phenoxy) is 3. The zero-order valence-corrected chi connectivity index (χ0v) is 29.6. The van der Waals surface area contributed by atoms with Crippen LogP contribution in [-0.4, -0.2) is 41.5 Å². The number of methoxy groups -OCH3 is 1. The largest absolute Gasteiger partial charge is 0.491 e. The van der Waals surface area contributed by atoms with E-state index >= 15 is 0 Å². The van der Waals surface area contributed by atoms with Gasteiger partial charge < -0.3 is 18.8 Å². The number of nitrogens with zero attached hydrogens (tertiary/aromatic N) is 3. The minimum absolute atomic E-state index is 0.0684. The molecule has 0 unspecified atom stereocenters. The van der Waals surface area contributed by atoms with E-state index in [1.807, 2.05) is 75.4 Å². The summed E-state index contributed by atoms with van der Waals surface area (Å²) in [5, 5.41) is 2.01. The van der Waals surface area contributed by atoms with Gasteiger partial charge in [0.05, 0.1) is 38.6 Å². The van der Waals surface area contributed by atoms with E-state index < -0.39 is 12.0 Å². The average molecular weight is 705 g/mol. The summed E-state index contributed by atoms with van der Waals surface area (Å²) >= 11 is 13.8. The summed E-state index contributed by atoms with van der Waals surface area (Å²) < 4.78 is 21.2. The van der Waals surface area contributed by atoms with Crippen molar-refractivity contribution in [3.63, 3.8) is 0 Å². The summed E-state index contributed by atoms with van der Waals surface area (Å²) in [5.74, 6) is 0.0123. The van der Waals surface area contributed by atoms with E-state index in [1.54, 1.807) is 17.6 Å². The number of benzene rings is 3. The molecule has 0 fully saturated rings. The molecule has 0 radical (unpaired) electrons. The molecule has 248 valence electrons. The standard InChI is InChI=1S/C37H35Cl2N3O5S/c1-21(2)47-31-13-9-7-11-26(31)34-33(36(44)46-17-16-45-5)22(3)40-37-42(34)35(43)32(48-37)19-27-23(4)41(30-12-8-6-10-25(27)30)20-24-14-15-28(38)29(39)18-24/h6-15,18-19,21,34H,16-17,20H2,1-5H3/b32-19+/t34-/m1/s1. The summed E-state index contributed by atoms with van der Waals surface area (Å²) in [6.07, 6.45) is 1.80. The van der Waals surface area contributed by atoms with Crippen molar-refractivity contribution in [2.75, 3.05) is 20.3 Å². The van der Waals surface area contributed by atoms with Crippen LogP contribution in [0.3, 0.4) is 0 Å². The number of esters is 1. The van der Waals surface area contributed by atoms with Crippen LogP contribution in [-0.2, 0) is 20.8 Å². The molecule has 48 heavy (non-hydrogen) atoms. The first-order chi connectivity index (χ1) is 23.1. The van der Waals surface area contributed by atoms with Gasteiger partial charge in [-0.15, -0.1) is 0 Å². The van der Waals surface area contributed by atoms with Crippen molar-refractivity contribution in [1.82, 2.24) is 9.13 Å². The fourth-order valence-electron chi connectivity index (χ4n) is 6.04. The van der Waals surface area contributed by atoms with Gasteiger partial charge in [0, 0.05) is 41.4 Å². The fraction of sp³-hybridized carbons (Fsp3) is 0.270. The van der Waals surface area contributed by atoms with Crippen LogP contribution in [0, 0.1) is 6.92 Å². The smallest absolute Gasteiger partial charge is 0.338 e. The highest BCUT2D eigenvalue weighted by atomic mass is 35.5. The summed E-state index contributed by atoms with van der Waals surface area (Å²) in [4.78, 5) is 33.4. The van der Waals surface area contributed by atoms with Crippen LogP contribution >= 0.6 is 34.5 Å². The summed E-state index contributed by atoms with van der Waals surface area (Å²) in [6, 6.07) is 20.4. The second-order valence-corrected chi connectivity index (χ2v) is 13.6. The highest BCUT2D eigenvalue weighted by Gasteiger charge is 2.35. The lowest BCUT2D eigenvalue weighted by Gasteiger charge is -2.27. The molecule has 0 amide bonds. The Labute approximate surface area is 292 Å². The molecule has 1 atom stereocenters. The number of hydrogen-bond acceptors (Lipinski definition) is 7. The van der Waals surface area contributed by atoms with Crippen molar-refractivity contribution in [2.24, 2.45) is 4.99 Å². The Morgan fingerprint density at radius 1 is 1.02 bits per heavy atom. The number of carbonyl (C=O) groups is 1. The first-order valence-electron chi connectivity index (χ1n) is 15.5. The lowest BCUT2D eigenvalue weighted by molar-refractivity contribution is -0.140. The third-order valence-electron chi connectivity index (χ3n) is 8.22. The molecule has 5 aromatic rings. The number of halogens is 2. The fourth-order valence-corrected chi connectivity index (χ4v) is 7.38. The van der Waals surface area contributed by atoms with E-state index in [9.17, 15) is 9.59 Å². The van der Waals surface area contributed by atoms with Crippen LogP contribution in [0.25, 0.3) is 17.0 Å². The summed E-state index contributed by atoms with van der Waals surface area (Å²) in [5.41, 5.74) is 5.09. The second kappa shape index (κ2) is 14.1. The zero-order valence-electron chi connectivity index (χ0n) is 27.3. The molecule has 0 saturated carbocycles. The van der Waals surface area contributed by atoms with Gasteiger partial charge >= 0.3 is 5.97 Å². The van der Waals surface area contributed by atoms with Gasteiger partial charge in [-0.05, 0) is 63.6 Å². The predicted molar refractivity (Wildman–Crippen MR) is 191 cm³/mol. The topological polar surface area (TPSA) is 84.0 Å². The molecule has 0 bridgehead atoms. The SMILES string of the molecule is COCCOC(=O)C1=C(C)N=c2s/c(=C/c3c(C)n(Cc4ccc(Cl)c(Cl)c4)c4ccccc34)c(=O)n2[C@@H]1c1ccccc1OC(C)C. The van der Waals surface area contributed by atoms with E-state index in [1.165, 1.54) is 18.4 Å². The average Bonchev–Trinajstić information content (AvgIpc) is 3.50. The van der Waals surface area contributed by atoms with Crippen LogP contribution in [0.5, 0.6) is 5.75 Å². The van der Waals surface area contributed by atoms with E-state index in [2.05, 4.69) is 16.7 Å². The third kappa shape index (κ3) is 6.48. The molecule has 3 heterocycles. The number of para-hydroxylation sites is 2. The first kappa shape index (κ1) is 33.7. The molecule has 3 aromatic carbocycles. The van der Waals surface area contributed by atoms with Crippen LogP contribution in [0.4, 0.5) is 0 Å². The maximum Gasteiger partial charge on any atom is 0.338 e. The van der Waals surface area contributed by atoms with Gasteiger partial charge in [0.2, 0.25) is 0 Å². The van der Waals surface area contributed by atoms with E-state index in [4.69, 9.17) is 42.4 Å². The van der Waals surface area contributed by atoms with Gasteiger partial charge in [-0.1, -0.05) is 77.0 Å². The van der Waals surface area contributed by atoms with Crippen LogP contribution in [0.1, 0.15) is 49.2 Å². The minimum atomic E-state index is -0.814. The van der Waals surface area contributed by atoms with Crippen LogP contribution in [0.2, 0.25) is 10.0 Å². The maximum atomic E-state index is 14.5. The van der Waals surface area contributed by atoms with Crippen molar-refractivity contribution in [1.29, 1.82) is 0 Å². The zero-order chi connectivity index (χ0) is 34.1. The van der Waals surface area contributed by atoms with Gasteiger partial charge in [-0.3, -0.25) is 9.36 Å². The molecule has 11 heteroatoms. The molecule has 1 aliphatic rings. The van der Waals surface area contributed by atoms with E-state index in [0.29, 0.717) is 42.9 Å². The van der Waals surface area contributed by atoms with E-state index in [-0.39, 0.29) is 30.5 Å². The number of allylic oxidation sites excluding steroid dienone is 1. The molecule has 0 aliphatic carbocycles. The Kier molecular flexibility index (Phi) is 9.94.